The Morgan fingerprint density at radius 3 is 2.21 bits per heavy atom. The second-order valence-corrected chi connectivity index (χ2v) is 14.0. The first-order chi connectivity index (χ1) is 19.4. The lowest BCUT2D eigenvalue weighted by molar-refractivity contribution is -0.132. The summed E-state index contributed by atoms with van der Waals surface area (Å²) in [4.78, 5) is 17.2. The van der Waals surface area contributed by atoms with Gasteiger partial charge in [-0.2, -0.15) is 13.2 Å². The van der Waals surface area contributed by atoms with E-state index >= 15 is 0 Å². The lowest BCUT2D eigenvalue weighted by atomic mass is 9.85. The van der Waals surface area contributed by atoms with E-state index in [1.807, 2.05) is 4.90 Å². The Bertz CT molecular complexity index is 1140. The van der Waals surface area contributed by atoms with Crippen molar-refractivity contribution < 1.29 is 18.0 Å². The van der Waals surface area contributed by atoms with Crippen LogP contribution in [0.15, 0.2) is 47.4 Å². The molecule has 4 rings (SSSR count). The predicted octanol–water partition coefficient (Wildman–Crippen LogP) is 9.02. The Morgan fingerprint density at radius 2 is 1.62 bits per heavy atom. The first kappa shape index (κ1) is 34.6. The van der Waals surface area contributed by atoms with Crippen molar-refractivity contribution in [3.05, 3.63) is 58.6 Å². The van der Waals surface area contributed by atoms with E-state index in [-0.39, 0.29) is 46.5 Å². The summed E-state index contributed by atoms with van der Waals surface area (Å²) >= 11 is 5.74. The lowest BCUT2D eigenvalue weighted by Crippen LogP contribution is -2.42. The highest BCUT2D eigenvalue weighted by Crippen LogP contribution is 2.41. The van der Waals surface area contributed by atoms with Crippen molar-refractivity contribution in [3.63, 3.8) is 0 Å². The predicted molar refractivity (Wildman–Crippen MR) is 171 cm³/mol. The number of rotatable bonds is 9. The number of benzene rings is 2. The number of carbonyl (C=O) groups is 1. The van der Waals surface area contributed by atoms with Gasteiger partial charge in [0.25, 0.3) is 0 Å². The van der Waals surface area contributed by atoms with Crippen LogP contribution in [-0.4, -0.2) is 60.0 Å². The van der Waals surface area contributed by atoms with E-state index in [2.05, 4.69) is 55.3 Å². The third kappa shape index (κ3) is 10.7. The van der Waals surface area contributed by atoms with Gasteiger partial charge >= 0.3 is 5.51 Å². The number of hydrogen-bond donors (Lipinski definition) is 1. The highest BCUT2D eigenvalue weighted by molar-refractivity contribution is 8.00. The quantitative estimate of drug-likeness (QED) is 0.282. The van der Waals surface area contributed by atoms with E-state index in [9.17, 15) is 18.0 Å². The zero-order valence-corrected chi connectivity index (χ0v) is 26.0. The van der Waals surface area contributed by atoms with Crippen LogP contribution in [-0.2, 0) is 16.6 Å². The highest BCUT2D eigenvalue weighted by Gasteiger charge is 2.31. The third-order valence-corrected chi connectivity index (χ3v) is 9.52. The van der Waals surface area contributed by atoms with Gasteiger partial charge in [0.1, 0.15) is 0 Å². The monoisotopic (exact) mass is 625 g/mol. The van der Waals surface area contributed by atoms with Crippen LogP contribution in [0, 0.1) is 5.92 Å². The van der Waals surface area contributed by atoms with E-state index in [1.165, 1.54) is 36.1 Å². The van der Waals surface area contributed by atoms with Crippen molar-refractivity contribution in [3.8, 4) is 0 Å². The molecule has 0 bridgehead atoms. The number of likely N-dealkylation sites (tertiary alicyclic amines) is 2. The summed E-state index contributed by atoms with van der Waals surface area (Å²) in [6.07, 6.45) is 6.53. The van der Waals surface area contributed by atoms with Gasteiger partial charge in [0.05, 0.1) is 5.02 Å². The Labute approximate surface area is 259 Å². The SMILES string of the molecule is C.CC(C)(C)c1ccc(CC2CCN(CCCC(=O)N3CCC(Nc4ccc(Cl)c(SC(F)(F)F)c4)CC3)CC2)cc1. The first-order valence-electron chi connectivity index (χ1n) is 14.8. The second-order valence-electron chi connectivity index (χ2n) is 12.5. The molecule has 0 radical (unpaired) electrons. The van der Waals surface area contributed by atoms with Gasteiger partial charge in [-0.3, -0.25) is 4.79 Å². The van der Waals surface area contributed by atoms with Gasteiger partial charge in [-0.1, -0.05) is 64.1 Å². The maximum absolute atomic E-state index is 12.8. The Morgan fingerprint density at radius 1 is 0.976 bits per heavy atom. The molecule has 234 valence electrons. The van der Waals surface area contributed by atoms with Crippen molar-refractivity contribution in [2.75, 3.05) is 38.0 Å². The molecule has 0 unspecified atom stereocenters. The number of carbonyl (C=O) groups excluding carboxylic acids is 1. The van der Waals surface area contributed by atoms with E-state index < -0.39 is 5.51 Å². The molecule has 2 aromatic rings. The molecule has 1 amide bonds. The van der Waals surface area contributed by atoms with Crippen LogP contribution in [0.5, 0.6) is 0 Å². The molecule has 42 heavy (non-hydrogen) atoms. The van der Waals surface area contributed by atoms with Gasteiger partial charge in [0.15, 0.2) is 0 Å². The number of hydrogen-bond acceptors (Lipinski definition) is 4. The number of piperidine rings is 2. The van der Waals surface area contributed by atoms with Crippen molar-refractivity contribution in [2.45, 2.75) is 95.0 Å². The van der Waals surface area contributed by atoms with Gasteiger partial charge in [-0.25, -0.2) is 0 Å². The standard InChI is InChI=1S/C32H43ClF3N3OS.CH4/c1-31(2,3)25-8-6-23(7-9-25)21-24-12-17-38(18-13-24)16-4-5-30(40)39-19-14-26(15-20-39)37-27-10-11-28(33)29(22-27)41-32(34,35)36;/h6-11,22,24,26,37H,4-5,12-21H2,1-3H3;1H4. The molecule has 2 aliphatic rings. The largest absolute Gasteiger partial charge is 0.446 e. The van der Waals surface area contributed by atoms with Crippen molar-refractivity contribution >= 4 is 35.0 Å². The summed E-state index contributed by atoms with van der Waals surface area (Å²) in [5, 5.41) is 3.41. The highest BCUT2D eigenvalue weighted by atomic mass is 35.5. The average molecular weight is 626 g/mol. The summed E-state index contributed by atoms with van der Waals surface area (Å²) in [5.41, 5.74) is -0.770. The summed E-state index contributed by atoms with van der Waals surface area (Å²) in [6.45, 7) is 11.2. The molecular formula is C33H47ClF3N3OS. The van der Waals surface area contributed by atoms with Crippen molar-refractivity contribution in [1.29, 1.82) is 0 Å². The van der Waals surface area contributed by atoms with Gasteiger partial charge < -0.3 is 15.1 Å². The third-order valence-electron chi connectivity index (χ3n) is 8.29. The van der Waals surface area contributed by atoms with Crippen LogP contribution < -0.4 is 5.32 Å². The fourth-order valence-corrected chi connectivity index (χ4v) is 6.64. The molecule has 0 atom stereocenters. The number of alkyl halides is 3. The van der Waals surface area contributed by atoms with Crippen LogP contribution in [0.1, 0.15) is 77.8 Å². The molecule has 1 N–H and O–H groups in total. The molecule has 0 aliphatic carbocycles. The molecule has 2 aromatic carbocycles. The molecule has 2 aliphatic heterocycles. The molecular weight excluding hydrogens is 579 g/mol. The minimum atomic E-state index is -4.39. The minimum Gasteiger partial charge on any atom is -0.382 e. The molecule has 9 heteroatoms. The van der Waals surface area contributed by atoms with Crippen molar-refractivity contribution in [1.82, 2.24) is 9.80 Å². The molecule has 4 nitrogen and oxygen atoms in total. The van der Waals surface area contributed by atoms with Crippen LogP contribution in [0.25, 0.3) is 0 Å². The number of anilines is 1. The van der Waals surface area contributed by atoms with E-state index in [0.29, 0.717) is 25.2 Å². The first-order valence-corrected chi connectivity index (χ1v) is 16.0. The number of nitrogens with one attached hydrogen (secondary N) is 1. The van der Waals surface area contributed by atoms with Gasteiger partial charge in [-0.05, 0) is 111 Å². The number of halogens is 4. The summed E-state index contributed by atoms with van der Waals surface area (Å²) < 4.78 is 38.4. The zero-order valence-electron chi connectivity index (χ0n) is 24.4. The fourth-order valence-electron chi connectivity index (χ4n) is 5.81. The lowest BCUT2D eigenvalue weighted by Gasteiger charge is -2.34. The normalized spacial score (nSPS) is 17.6. The average Bonchev–Trinajstić information content (AvgIpc) is 2.91. The molecule has 2 heterocycles. The maximum atomic E-state index is 12.8. The molecule has 0 aromatic heterocycles. The van der Waals surface area contributed by atoms with Crippen LogP contribution >= 0.6 is 23.4 Å². The summed E-state index contributed by atoms with van der Waals surface area (Å²) in [7, 11) is 0. The molecule has 2 saturated heterocycles. The smallest absolute Gasteiger partial charge is 0.382 e. The Kier molecular flexibility index (Phi) is 12.5. The van der Waals surface area contributed by atoms with E-state index in [1.54, 1.807) is 6.07 Å². The van der Waals surface area contributed by atoms with E-state index in [0.717, 1.165) is 51.2 Å². The van der Waals surface area contributed by atoms with Crippen LogP contribution in [0.2, 0.25) is 5.02 Å². The second kappa shape index (κ2) is 15.2. The Balaban J connectivity index is 0.00000484. The number of amides is 1. The minimum absolute atomic E-state index is 0. The zero-order chi connectivity index (χ0) is 29.6. The molecule has 2 fully saturated rings. The number of nitrogens with zero attached hydrogens (tertiary/aromatic N) is 2. The summed E-state index contributed by atoms with van der Waals surface area (Å²) in [6, 6.07) is 13.9. The van der Waals surface area contributed by atoms with E-state index in [4.69, 9.17) is 11.6 Å². The van der Waals surface area contributed by atoms with Crippen LogP contribution in [0.3, 0.4) is 0 Å². The topological polar surface area (TPSA) is 35.6 Å². The van der Waals surface area contributed by atoms with Gasteiger partial charge in [0.2, 0.25) is 5.91 Å². The maximum Gasteiger partial charge on any atom is 0.446 e. The molecule has 0 saturated carbocycles. The Hall–Kier alpha value is -1.90. The summed E-state index contributed by atoms with van der Waals surface area (Å²) in [5.74, 6) is 0.929. The fraction of sp³-hybridized carbons (Fsp3) is 0.606. The van der Waals surface area contributed by atoms with Gasteiger partial charge in [-0.15, -0.1) is 0 Å². The van der Waals surface area contributed by atoms with Crippen LogP contribution in [0.4, 0.5) is 18.9 Å². The number of thioether (sulfide) groups is 1. The van der Waals surface area contributed by atoms with Crippen molar-refractivity contribution in [2.24, 2.45) is 5.92 Å². The molecule has 0 spiro atoms. The van der Waals surface area contributed by atoms with Gasteiger partial charge in [0, 0.05) is 36.1 Å².